The fourth-order valence-corrected chi connectivity index (χ4v) is 6.80. The Morgan fingerprint density at radius 1 is 0.459 bits per heavy atom. The first-order valence-electron chi connectivity index (χ1n) is 23.5. The number of carbonyl (C=O) groups excluding carboxylic acids is 2. The highest BCUT2D eigenvalue weighted by Gasteiger charge is 2.27. The standard InChI is InChI=1S/C50H85O10P/c1-3-5-7-9-11-13-15-17-19-21-23-25-27-29-31-33-35-37-39-41-49(53)59-47(43-51)45-57-61(55,56)58-46-48(44-52)60-50(54)42-40-38-36-34-32-30-28-26-24-22-20-18-16-14-12-10-8-6-4-2/h5,7,11,13,17-20,23,25,29,31,35,37,47-48,51-52H,3-4,6,8-10,12,14-16,21-22,24,26-28,30,32-34,36,38-46H2,1-2H3,(H,55,56)/b7-5-,13-11-,19-17-,20-18-,25-23-,31-29-,37-35-. The SMILES string of the molecule is CC/C=C\C/C=C\C/C=C\C/C=C\C/C=C\C/C=C\CCC(=O)OC(CO)COP(=O)(O)OCC(CO)OC(=O)CCCCCCCCCCC/C=C\CCCCCCCC. The Kier molecular flexibility index (Phi) is 43.1. The van der Waals surface area contributed by atoms with Crippen molar-refractivity contribution in [1.29, 1.82) is 0 Å². The first-order valence-corrected chi connectivity index (χ1v) is 25.0. The maximum Gasteiger partial charge on any atom is 0.472 e. The van der Waals surface area contributed by atoms with Crippen molar-refractivity contribution in [2.75, 3.05) is 26.4 Å². The van der Waals surface area contributed by atoms with E-state index in [4.69, 9.17) is 18.5 Å². The zero-order valence-corrected chi connectivity index (χ0v) is 39.0. The van der Waals surface area contributed by atoms with Crippen molar-refractivity contribution >= 4 is 19.8 Å². The van der Waals surface area contributed by atoms with Gasteiger partial charge in [0.15, 0.2) is 0 Å². The number of hydrogen-bond acceptors (Lipinski definition) is 9. The zero-order valence-electron chi connectivity index (χ0n) is 38.1. The van der Waals surface area contributed by atoms with Gasteiger partial charge in [0.2, 0.25) is 0 Å². The molecule has 3 atom stereocenters. The molecule has 0 bridgehead atoms. The van der Waals surface area contributed by atoms with Crippen molar-refractivity contribution < 1.29 is 47.8 Å². The van der Waals surface area contributed by atoms with Crippen LogP contribution in [0, 0.1) is 0 Å². The van der Waals surface area contributed by atoms with E-state index in [2.05, 4.69) is 86.8 Å². The number of carbonyl (C=O) groups is 2. The molecule has 0 aromatic rings. The number of aliphatic hydroxyl groups is 2. The summed E-state index contributed by atoms with van der Waals surface area (Å²) >= 11 is 0. The van der Waals surface area contributed by atoms with Crippen LogP contribution in [-0.2, 0) is 32.7 Å². The summed E-state index contributed by atoms with van der Waals surface area (Å²) in [5.74, 6) is -1.11. The lowest BCUT2D eigenvalue weighted by Crippen LogP contribution is -2.28. The monoisotopic (exact) mass is 877 g/mol. The molecule has 0 fully saturated rings. The molecule has 10 nitrogen and oxygen atoms in total. The van der Waals surface area contributed by atoms with Gasteiger partial charge in [-0.3, -0.25) is 18.6 Å². The molecule has 3 unspecified atom stereocenters. The minimum atomic E-state index is -4.67. The maximum absolute atomic E-state index is 12.4. The van der Waals surface area contributed by atoms with Crippen molar-refractivity contribution in [3.8, 4) is 0 Å². The van der Waals surface area contributed by atoms with Gasteiger partial charge in [-0.25, -0.2) is 4.57 Å². The minimum absolute atomic E-state index is 0.0629. The Labute approximate surface area is 371 Å². The second kappa shape index (κ2) is 45.2. The molecule has 0 amide bonds. The van der Waals surface area contributed by atoms with Crippen molar-refractivity contribution in [2.45, 2.75) is 193 Å². The molecule has 0 aromatic carbocycles. The lowest BCUT2D eigenvalue weighted by atomic mass is 10.1. The predicted molar refractivity (Wildman–Crippen MR) is 251 cm³/mol. The molecular formula is C50H85O10P. The van der Waals surface area contributed by atoms with Gasteiger partial charge in [-0.1, -0.05) is 176 Å². The minimum Gasteiger partial charge on any atom is -0.457 e. The van der Waals surface area contributed by atoms with Gasteiger partial charge in [0.05, 0.1) is 26.4 Å². The van der Waals surface area contributed by atoms with Crippen LogP contribution in [0.2, 0.25) is 0 Å². The largest absolute Gasteiger partial charge is 0.472 e. The molecule has 61 heavy (non-hydrogen) atoms. The molecule has 0 saturated carbocycles. The normalized spacial score (nSPS) is 14.5. The number of phosphoric ester groups is 1. The van der Waals surface area contributed by atoms with Gasteiger partial charge >= 0.3 is 19.8 Å². The summed E-state index contributed by atoms with van der Waals surface area (Å²) in [6.45, 7) is 2.00. The van der Waals surface area contributed by atoms with Crippen LogP contribution in [0.25, 0.3) is 0 Å². The van der Waals surface area contributed by atoms with Gasteiger partial charge < -0.3 is 24.6 Å². The summed E-state index contributed by atoms with van der Waals surface area (Å²) in [7, 11) is -4.67. The molecule has 350 valence electrons. The van der Waals surface area contributed by atoms with E-state index in [0.717, 1.165) is 57.8 Å². The van der Waals surface area contributed by atoms with Crippen LogP contribution in [0.3, 0.4) is 0 Å². The van der Waals surface area contributed by atoms with Gasteiger partial charge in [0.1, 0.15) is 12.2 Å². The van der Waals surface area contributed by atoms with Crippen LogP contribution in [-0.4, -0.2) is 65.7 Å². The molecule has 0 aromatic heterocycles. The number of unbranched alkanes of at least 4 members (excludes halogenated alkanes) is 15. The van der Waals surface area contributed by atoms with Gasteiger partial charge in [-0.05, 0) is 77.0 Å². The Morgan fingerprint density at radius 3 is 1.21 bits per heavy atom. The van der Waals surface area contributed by atoms with Gasteiger partial charge in [0.25, 0.3) is 0 Å². The summed E-state index contributed by atoms with van der Waals surface area (Å²) in [4.78, 5) is 34.6. The number of ether oxygens (including phenoxy) is 2. The second-order valence-corrected chi connectivity index (χ2v) is 16.8. The average molecular weight is 877 g/mol. The Morgan fingerprint density at radius 2 is 0.803 bits per heavy atom. The first kappa shape index (κ1) is 58.1. The van der Waals surface area contributed by atoms with Crippen LogP contribution in [0.5, 0.6) is 0 Å². The predicted octanol–water partition coefficient (Wildman–Crippen LogP) is 13.0. The fourth-order valence-electron chi connectivity index (χ4n) is 6.02. The van der Waals surface area contributed by atoms with E-state index >= 15 is 0 Å². The summed E-state index contributed by atoms with van der Waals surface area (Å²) in [6.07, 6.45) is 54.3. The summed E-state index contributed by atoms with van der Waals surface area (Å²) in [5, 5.41) is 19.2. The third-order valence-corrected chi connectivity index (χ3v) is 10.6. The van der Waals surface area contributed by atoms with Crippen molar-refractivity contribution in [2.24, 2.45) is 0 Å². The Balaban J connectivity index is 3.99. The van der Waals surface area contributed by atoms with Crippen LogP contribution < -0.4 is 0 Å². The third kappa shape index (κ3) is 43.6. The highest BCUT2D eigenvalue weighted by Crippen LogP contribution is 2.43. The number of aliphatic hydroxyl groups excluding tert-OH is 2. The zero-order chi connectivity index (χ0) is 44.8. The number of allylic oxidation sites excluding steroid dienone is 14. The lowest BCUT2D eigenvalue weighted by molar-refractivity contribution is -0.153. The van der Waals surface area contributed by atoms with Crippen LogP contribution in [0.15, 0.2) is 85.1 Å². The van der Waals surface area contributed by atoms with E-state index in [-0.39, 0.29) is 12.8 Å². The summed E-state index contributed by atoms with van der Waals surface area (Å²) in [6, 6.07) is 0. The van der Waals surface area contributed by atoms with E-state index in [1.807, 2.05) is 12.2 Å². The molecule has 0 heterocycles. The quantitative estimate of drug-likeness (QED) is 0.0234. The number of hydrogen-bond donors (Lipinski definition) is 3. The average Bonchev–Trinajstić information content (AvgIpc) is 3.25. The lowest BCUT2D eigenvalue weighted by Gasteiger charge is -2.20. The molecule has 0 aliphatic rings. The van der Waals surface area contributed by atoms with Gasteiger partial charge in [-0.15, -0.1) is 0 Å². The van der Waals surface area contributed by atoms with E-state index in [0.29, 0.717) is 12.8 Å². The molecule has 0 saturated heterocycles. The van der Waals surface area contributed by atoms with Crippen LogP contribution in [0.1, 0.15) is 181 Å². The van der Waals surface area contributed by atoms with Crippen molar-refractivity contribution in [3.63, 3.8) is 0 Å². The Hall–Kier alpha value is -2.85. The second-order valence-electron chi connectivity index (χ2n) is 15.4. The van der Waals surface area contributed by atoms with E-state index in [1.165, 1.54) is 83.5 Å². The summed E-state index contributed by atoms with van der Waals surface area (Å²) in [5.41, 5.74) is 0. The molecule has 0 rings (SSSR count). The molecule has 0 spiro atoms. The maximum atomic E-state index is 12.4. The first-order chi connectivity index (χ1) is 29.8. The summed E-state index contributed by atoms with van der Waals surface area (Å²) < 4.78 is 32.6. The molecular weight excluding hydrogens is 792 g/mol. The van der Waals surface area contributed by atoms with E-state index < -0.39 is 58.4 Å². The van der Waals surface area contributed by atoms with Crippen LogP contribution in [0.4, 0.5) is 0 Å². The number of rotatable bonds is 43. The fraction of sp³-hybridized carbons (Fsp3) is 0.680. The van der Waals surface area contributed by atoms with Gasteiger partial charge in [-0.2, -0.15) is 0 Å². The Bertz CT molecular complexity index is 1280. The highest BCUT2D eigenvalue weighted by atomic mass is 31.2. The third-order valence-electron chi connectivity index (χ3n) is 9.61. The molecule has 0 radical (unpaired) electrons. The van der Waals surface area contributed by atoms with E-state index in [9.17, 15) is 29.3 Å². The molecule has 0 aliphatic carbocycles. The molecule has 3 N–H and O–H groups in total. The molecule has 0 aliphatic heterocycles. The van der Waals surface area contributed by atoms with E-state index in [1.54, 1.807) is 0 Å². The highest BCUT2D eigenvalue weighted by molar-refractivity contribution is 7.47. The molecule has 11 heteroatoms. The smallest absolute Gasteiger partial charge is 0.457 e. The number of esters is 2. The van der Waals surface area contributed by atoms with Crippen molar-refractivity contribution in [1.82, 2.24) is 0 Å². The number of phosphoric acid groups is 1. The topological polar surface area (TPSA) is 149 Å². The van der Waals surface area contributed by atoms with Gasteiger partial charge in [0, 0.05) is 12.8 Å². The van der Waals surface area contributed by atoms with Crippen molar-refractivity contribution in [3.05, 3.63) is 85.1 Å². The van der Waals surface area contributed by atoms with Crippen LogP contribution >= 0.6 is 7.82 Å².